The van der Waals surface area contributed by atoms with Crippen molar-refractivity contribution in [3.8, 4) is 16.9 Å². The van der Waals surface area contributed by atoms with Crippen LogP contribution < -0.4 is 17.0 Å². The van der Waals surface area contributed by atoms with E-state index in [2.05, 4.69) is 16.9 Å². The molecule has 1 unspecified atom stereocenters. The summed E-state index contributed by atoms with van der Waals surface area (Å²) in [5, 5.41) is 11.8. The van der Waals surface area contributed by atoms with Crippen LogP contribution in [0, 0.1) is 6.92 Å². The molecule has 2 aromatic heterocycles. The smallest absolute Gasteiger partial charge is 0.268 e. The molecule has 0 fully saturated rings. The summed E-state index contributed by atoms with van der Waals surface area (Å²) in [4.78, 5) is 19.7. The average Bonchev–Trinajstić information content (AvgIpc) is 3.05. The monoisotopic (exact) mass is 380 g/mol. The van der Waals surface area contributed by atoms with E-state index in [1.807, 2.05) is 31.2 Å². The molecule has 0 saturated heterocycles. The number of fused-ring (bicyclic) bond motifs is 3. The van der Waals surface area contributed by atoms with Gasteiger partial charge in [0.15, 0.2) is 5.13 Å². The molecule has 0 bridgehead atoms. The standard InChI is InChI=1S/C20H20N4O2S/c1-9-7-13(25)14(12-5-3-11(4-6-12)10(2)8-21)15-16(9)23-19(26)18-17(15)24-20(22)27-18/h3-7,10,25H,8,21H2,1-2H3,(H2,22,24)(H,23,26). The first kappa shape index (κ1) is 17.5. The summed E-state index contributed by atoms with van der Waals surface area (Å²) in [7, 11) is 0. The number of H-pyrrole nitrogens is 1. The SMILES string of the molecule is Cc1cc(O)c(-c2ccc(C(C)CN)cc2)c2c1[nH]c(=O)c1sc(N)nc12. The van der Waals surface area contributed by atoms with E-state index in [-0.39, 0.29) is 17.2 Å². The maximum atomic E-state index is 12.4. The van der Waals surface area contributed by atoms with Crippen molar-refractivity contribution in [2.24, 2.45) is 5.73 Å². The lowest BCUT2D eigenvalue weighted by Crippen LogP contribution is -2.08. The summed E-state index contributed by atoms with van der Waals surface area (Å²) in [6.07, 6.45) is 0. The third kappa shape index (κ3) is 2.75. The Morgan fingerprint density at radius 2 is 2.00 bits per heavy atom. The number of aryl methyl sites for hydroxylation is 1. The van der Waals surface area contributed by atoms with Crippen LogP contribution in [0.25, 0.3) is 32.2 Å². The van der Waals surface area contributed by atoms with Gasteiger partial charge in [-0.1, -0.05) is 42.5 Å². The van der Waals surface area contributed by atoms with Crippen molar-refractivity contribution in [1.29, 1.82) is 0 Å². The van der Waals surface area contributed by atoms with Gasteiger partial charge < -0.3 is 21.6 Å². The number of aromatic amines is 1. The fourth-order valence-electron chi connectivity index (χ4n) is 3.43. The van der Waals surface area contributed by atoms with E-state index in [4.69, 9.17) is 11.5 Å². The van der Waals surface area contributed by atoms with Crippen molar-refractivity contribution in [2.75, 3.05) is 12.3 Å². The first-order chi connectivity index (χ1) is 12.9. The van der Waals surface area contributed by atoms with E-state index in [1.165, 1.54) is 0 Å². The minimum atomic E-state index is -0.224. The van der Waals surface area contributed by atoms with Crippen LogP contribution in [0.15, 0.2) is 35.1 Å². The highest BCUT2D eigenvalue weighted by Gasteiger charge is 2.19. The Hall–Kier alpha value is -2.90. The molecule has 0 aliphatic rings. The van der Waals surface area contributed by atoms with Crippen molar-refractivity contribution in [3.05, 3.63) is 51.8 Å². The van der Waals surface area contributed by atoms with Crippen molar-refractivity contribution in [1.82, 2.24) is 9.97 Å². The molecule has 6 N–H and O–H groups in total. The molecule has 0 radical (unpaired) electrons. The molecule has 0 spiro atoms. The first-order valence-electron chi connectivity index (χ1n) is 8.65. The zero-order valence-corrected chi connectivity index (χ0v) is 15.9. The number of nitrogen functional groups attached to an aromatic ring is 1. The summed E-state index contributed by atoms with van der Waals surface area (Å²) in [5.74, 6) is 0.392. The number of aromatic hydroxyl groups is 1. The number of nitrogens with one attached hydrogen (secondary N) is 1. The molecule has 4 aromatic rings. The van der Waals surface area contributed by atoms with Gasteiger partial charge in [-0.2, -0.15) is 0 Å². The Kier molecular flexibility index (Phi) is 4.13. The maximum Gasteiger partial charge on any atom is 0.268 e. The van der Waals surface area contributed by atoms with Crippen molar-refractivity contribution >= 4 is 37.6 Å². The molecular weight excluding hydrogens is 360 g/mol. The lowest BCUT2D eigenvalue weighted by Gasteiger charge is -2.14. The van der Waals surface area contributed by atoms with Crippen LogP contribution in [0.2, 0.25) is 0 Å². The molecule has 138 valence electrons. The Morgan fingerprint density at radius 1 is 1.30 bits per heavy atom. The lowest BCUT2D eigenvalue weighted by atomic mass is 9.93. The van der Waals surface area contributed by atoms with E-state index in [0.29, 0.717) is 38.4 Å². The molecular formula is C20H20N4O2S. The van der Waals surface area contributed by atoms with Gasteiger partial charge in [0.2, 0.25) is 0 Å². The van der Waals surface area contributed by atoms with E-state index in [0.717, 1.165) is 28.0 Å². The molecule has 27 heavy (non-hydrogen) atoms. The van der Waals surface area contributed by atoms with E-state index < -0.39 is 0 Å². The molecule has 0 aliphatic carbocycles. The fourth-order valence-corrected chi connectivity index (χ4v) is 4.17. The molecule has 1 atom stereocenters. The second kappa shape index (κ2) is 6.37. The van der Waals surface area contributed by atoms with Crippen LogP contribution in [0.5, 0.6) is 5.75 Å². The van der Waals surface area contributed by atoms with Gasteiger partial charge in [0.25, 0.3) is 5.56 Å². The average molecular weight is 380 g/mol. The Morgan fingerprint density at radius 3 is 2.67 bits per heavy atom. The normalized spacial score (nSPS) is 12.7. The number of rotatable bonds is 3. The van der Waals surface area contributed by atoms with Gasteiger partial charge in [-0.15, -0.1) is 0 Å². The minimum Gasteiger partial charge on any atom is -0.507 e. The number of phenols is 1. The third-order valence-corrected chi connectivity index (χ3v) is 5.83. The summed E-state index contributed by atoms with van der Waals surface area (Å²) in [6, 6.07) is 9.59. The largest absolute Gasteiger partial charge is 0.507 e. The zero-order chi connectivity index (χ0) is 19.3. The van der Waals surface area contributed by atoms with Crippen LogP contribution in [-0.4, -0.2) is 21.6 Å². The number of anilines is 1. The number of phenolic OH excluding ortho intramolecular Hbond substituents is 1. The topological polar surface area (TPSA) is 118 Å². The lowest BCUT2D eigenvalue weighted by molar-refractivity contribution is 0.477. The van der Waals surface area contributed by atoms with Gasteiger partial charge in [0.05, 0.1) is 11.0 Å². The second-order valence-electron chi connectivity index (χ2n) is 6.78. The number of nitrogens with two attached hydrogens (primary N) is 2. The molecule has 0 aliphatic heterocycles. The molecule has 2 heterocycles. The fraction of sp³-hybridized carbons (Fsp3) is 0.200. The van der Waals surface area contributed by atoms with Crippen LogP contribution in [-0.2, 0) is 0 Å². The molecule has 6 nitrogen and oxygen atoms in total. The number of thiazole rings is 1. The van der Waals surface area contributed by atoms with Crippen LogP contribution in [0.1, 0.15) is 24.0 Å². The Labute approximate surface area is 159 Å². The highest BCUT2D eigenvalue weighted by atomic mass is 32.1. The second-order valence-corrected chi connectivity index (χ2v) is 7.81. The molecule has 4 rings (SSSR count). The number of hydrogen-bond donors (Lipinski definition) is 4. The quantitative estimate of drug-likeness (QED) is 0.434. The number of pyridine rings is 1. The van der Waals surface area contributed by atoms with Crippen LogP contribution in [0.3, 0.4) is 0 Å². The van der Waals surface area contributed by atoms with Crippen LogP contribution in [0.4, 0.5) is 5.13 Å². The van der Waals surface area contributed by atoms with Gasteiger partial charge in [-0.05, 0) is 42.1 Å². The molecule has 7 heteroatoms. The molecule has 0 amide bonds. The highest BCUT2D eigenvalue weighted by molar-refractivity contribution is 7.22. The number of aromatic nitrogens is 2. The van der Waals surface area contributed by atoms with Gasteiger partial charge in [0, 0.05) is 10.9 Å². The summed E-state index contributed by atoms with van der Waals surface area (Å²) >= 11 is 1.15. The number of nitrogens with zero attached hydrogens (tertiary/aromatic N) is 1. The zero-order valence-electron chi connectivity index (χ0n) is 15.0. The van der Waals surface area contributed by atoms with Gasteiger partial charge >= 0.3 is 0 Å². The van der Waals surface area contributed by atoms with Crippen molar-refractivity contribution in [3.63, 3.8) is 0 Å². The van der Waals surface area contributed by atoms with Crippen molar-refractivity contribution < 1.29 is 5.11 Å². The van der Waals surface area contributed by atoms with Gasteiger partial charge in [-0.25, -0.2) is 4.98 Å². The van der Waals surface area contributed by atoms with Crippen LogP contribution >= 0.6 is 11.3 Å². The van der Waals surface area contributed by atoms with E-state index in [1.54, 1.807) is 6.07 Å². The molecule has 2 aromatic carbocycles. The molecule has 0 saturated carbocycles. The van der Waals surface area contributed by atoms with E-state index in [9.17, 15) is 9.90 Å². The highest BCUT2D eigenvalue weighted by Crippen LogP contribution is 2.41. The Bertz CT molecular complexity index is 1230. The summed E-state index contributed by atoms with van der Waals surface area (Å²) in [5.41, 5.74) is 15.9. The van der Waals surface area contributed by atoms with E-state index >= 15 is 0 Å². The first-order valence-corrected chi connectivity index (χ1v) is 9.47. The summed E-state index contributed by atoms with van der Waals surface area (Å²) in [6.45, 7) is 4.48. The summed E-state index contributed by atoms with van der Waals surface area (Å²) < 4.78 is 0.458. The predicted molar refractivity (Wildman–Crippen MR) is 111 cm³/mol. The predicted octanol–water partition coefficient (Wildman–Crippen LogP) is 3.46. The maximum absolute atomic E-state index is 12.4. The third-order valence-electron chi connectivity index (χ3n) is 4.95. The van der Waals surface area contributed by atoms with Gasteiger partial charge in [-0.3, -0.25) is 4.79 Å². The minimum absolute atomic E-state index is 0.138. The Balaban J connectivity index is 2.08. The van der Waals surface area contributed by atoms with Crippen molar-refractivity contribution in [2.45, 2.75) is 19.8 Å². The number of benzene rings is 2. The number of hydrogen-bond acceptors (Lipinski definition) is 6. The van der Waals surface area contributed by atoms with Gasteiger partial charge in [0.1, 0.15) is 10.4 Å².